The summed E-state index contributed by atoms with van der Waals surface area (Å²) in [4.78, 5) is 5.49. The molecule has 3 rings (SSSR count). The number of halogens is 2. The summed E-state index contributed by atoms with van der Waals surface area (Å²) in [6, 6.07) is 6.52. The Morgan fingerprint density at radius 2 is 2.19 bits per heavy atom. The van der Waals surface area contributed by atoms with Crippen LogP contribution in [0.1, 0.15) is 11.8 Å². The number of hydrogen-bond donors (Lipinski definition) is 1. The molecule has 0 aliphatic carbocycles. The second kappa shape index (κ2) is 5.57. The minimum atomic E-state index is -0.336. The van der Waals surface area contributed by atoms with Crippen molar-refractivity contribution in [1.29, 1.82) is 0 Å². The van der Waals surface area contributed by atoms with E-state index in [1.165, 1.54) is 17.4 Å². The molecule has 0 aliphatic rings. The van der Waals surface area contributed by atoms with Gasteiger partial charge in [0.2, 0.25) is 5.82 Å². The molecule has 0 saturated carbocycles. The van der Waals surface area contributed by atoms with E-state index in [9.17, 15) is 4.39 Å². The second-order valence-electron chi connectivity index (χ2n) is 4.40. The average molecular weight is 368 g/mol. The Morgan fingerprint density at radius 1 is 1.38 bits per heavy atom. The van der Waals surface area contributed by atoms with Crippen LogP contribution in [0.15, 0.2) is 33.3 Å². The minimum Gasteiger partial charge on any atom is -0.390 e. The number of thiophene rings is 1. The lowest BCUT2D eigenvalue weighted by Gasteiger charge is -1.96. The van der Waals surface area contributed by atoms with Crippen LogP contribution in [-0.4, -0.2) is 10.1 Å². The molecule has 2 N–H and O–H groups in total. The topological polar surface area (TPSA) is 64.9 Å². The zero-order valence-corrected chi connectivity index (χ0v) is 13.5. The summed E-state index contributed by atoms with van der Waals surface area (Å²) in [5.41, 5.74) is 7.39. The number of rotatable bonds is 3. The maximum atomic E-state index is 13.3. The van der Waals surface area contributed by atoms with Crippen LogP contribution in [-0.2, 0) is 6.42 Å². The van der Waals surface area contributed by atoms with Crippen LogP contribution in [0.5, 0.6) is 0 Å². The molecular weight excluding hydrogens is 357 g/mol. The van der Waals surface area contributed by atoms with Gasteiger partial charge in [0, 0.05) is 10.4 Å². The lowest BCUT2D eigenvalue weighted by molar-refractivity contribution is 0.432. The molecule has 1 aromatic carbocycles. The van der Waals surface area contributed by atoms with Gasteiger partial charge in [0.15, 0.2) is 0 Å². The SMILES string of the molecule is CCc1cc(-c2nc(-c3ccc(F)c(Br)c3)no2)c(N)s1. The van der Waals surface area contributed by atoms with Gasteiger partial charge in [-0.2, -0.15) is 4.98 Å². The number of aromatic nitrogens is 2. The number of nitrogens with zero attached hydrogens (tertiary/aromatic N) is 2. The molecule has 2 aromatic heterocycles. The Hall–Kier alpha value is -1.73. The summed E-state index contributed by atoms with van der Waals surface area (Å²) < 4.78 is 18.9. The predicted molar refractivity (Wildman–Crippen MR) is 84.5 cm³/mol. The van der Waals surface area contributed by atoms with Crippen molar-refractivity contribution < 1.29 is 8.91 Å². The first-order valence-electron chi connectivity index (χ1n) is 6.26. The van der Waals surface area contributed by atoms with Crippen LogP contribution >= 0.6 is 27.3 Å². The maximum absolute atomic E-state index is 13.3. The van der Waals surface area contributed by atoms with Crippen molar-refractivity contribution in [3.8, 4) is 22.8 Å². The molecule has 0 radical (unpaired) electrons. The van der Waals surface area contributed by atoms with Gasteiger partial charge in [-0.05, 0) is 46.6 Å². The highest BCUT2D eigenvalue weighted by atomic mass is 79.9. The largest absolute Gasteiger partial charge is 0.390 e. The summed E-state index contributed by atoms with van der Waals surface area (Å²) in [5.74, 6) is 0.436. The highest BCUT2D eigenvalue weighted by molar-refractivity contribution is 9.10. The van der Waals surface area contributed by atoms with E-state index in [0.29, 0.717) is 26.8 Å². The average Bonchev–Trinajstić information content (AvgIpc) is 3.08. The minimum absolute atomic E-state index is 0.336. The molecule has 0 amide bonds. The van der Waals surface area contributed by atoms with Crippen molar-refractivity contribution in [2.45, 2.75) is 13.3 Å². The van der Waals surface area contributed by atoms with Crippen LogP contribution in [0.3, 0.4) is 0 Å². The number of nitrogen functional groups attached to an aromatic ring is 1. The summed E-state index contributed by atoms with van der Waals surface area (Å²) in [6.07, 6.45) is 0.904. The highest BCUT2D eigenvalue weighted by Crippen LogP contribution is 2.34. The van der Waals surface area contributed by atoms with Crippen LogP contribution in [0.2, 0.25) is 0 Å². The standard InChI is InChI=1S/C14H11BrFN3OS/c1-2-8-6-9(12(17)21-8)14-18-13(19-20-14)7-3-4-11(16)10(15)5-7/h3-6H,2,17H2,1H3. The highest BCUT2D eigenvalue weighted by Gasteiger charge is 2.16. The van der Waals surface area contributed by atoms with E-state index in [4.69, 9.17) is 10.3 Å². The third-order valence-corrected chi connectivity index (χ3v) is 4.71. The summed E-state index contributed by atoms with van der Waals surface area (Å²) in [6.45, 7) is 2.06. The lowest BCUT2D eigenvalue weighted by atomic mass is 10.2. The molecule has 2 heterocycles. The van der Waals surface area contributed by atoms with Crippen molar-refractivity contribution in [3.63, 3.8) is 0 Å². The molecule has 7 heteroatoms. The van der Waals surface area contributed by atoms with Crippen molar-refractivity contribution in [2.75, 3.05) is 5.73 Å². The van der Waals surface area contributed by atoms with Crippen LogP contribution < -0.4 is 5.73 Å². The first-order chi connectivity index (χ1) is 10.1. The molecule has 0 aliphatic heterocycles. The molecule has 3 aromatic rings. The van der Waals surface area contributed by atoms with E-state index in [1.54, 1.807) is 12.1 Å². The molecule has 0 fully saturated rings. The maximum Gasteiger partial charge on any atom is 0.261 e. The van der Waals surface area contributed by atoms with Gasteiger partial charge >= 0.3 is 0 Å². The molecule has 108 valence electrons. The third kappa shape index (κ3) is 2.71. The van der Waals surface area contributed by atoms with Gasteiger partial charge in [-0.3, -0.25) is 0 Å². The number of nitrogens with two attached hydrogens (primary N) is 1. The predicted octanol–water partition coefficient (Wildman–Crippen LogP) is 4.51. The van der Waals surface area contributed by atoms with E-state index < -0.39 is 0 Å². The van der Waals surface area contributed by atoms with E-state index in [0.717, 1.165) is 16.9 Å². The zero-order valence-electron chi connectivity index (χ0n) is 11.1. The molecular formula is C14H11BrFN3OS. The van der Waals surface area contributed by atoms with Crippen molar-refractivity contribution in [2.24, 2.45) is 0 Å². The molecule has 0 atom stereocenters. The summed E-state index contributed by atoms with van der Waals surface area (Å²) in [7, 11) is 0. The van der Waals surface area contributed by atoms with Gasteiger partial charge in [0.1, 0.15) is 5.82 Å². The first-order valence-corrected chi connectivity index (χ1v) is 7.87. The fourth-order valence-electron chi connectivity index (χ4n) is 1.88. The van der Waals surface area contributed by atoms with Crippen LogP contribution in [0.4, 0.5) is 9.39 Å². The Labute approximate surface area is 132 Å². The molecule has 0 unspecified atom stereocenters. The Morgan fingerprint density at radius 3 is 2.86 bits per heavy atom. The second-order valence-corrected chi connectivity index (χ2v) is 6.42. The van der Waals surface area contributed by atoms with Gasteiger partial charge < -0.3 is 10.3 Å². The molecule has 0 saturated heterocycles. The number of anilines is 1. The third-order valence-electron chi connectivity index (χ3n) is 2.99. The van der Waals surface area contributed by atoms with Crippen molar-refractivity contribution >= 4 is 32.3 Å². The van der Waals surface area contributed by atoms with E-state index >= 15 is 0 Å². The number of benzene rings is 1. The summed E-state index contributed by atoms with van der Waals surface area (Å²) in [5, 5.41) is 4.58. The molecule has 21 heavy (non-hydrogen) atoms. The smallest absolute Gasteiger partial charge is 0.261 e. The van der Waals surface area contributed by atoms with Gasteiger partial charge in [-0.1, -0.05) is 12.1 Å². The number of aryl methyl sites for hydroxylation is 1. The zero-order chi connectivity index (χ0) is 15.0. The molecule has 0 bridgehead atoms. The van der Waals surface area contributed by atoms with Gasteiger partial charge in [0.05, 0.1) is 15.0 Å². The van der Waals surface area contributed by atoms with Crippen LogP contribution in [0, 0.1) is 5.82 Å². The molecule has 0 spiro atoms. The van der Waals surface area contributed by atoms with Gasteiger partial charge in [-0.25, -0.2) is 4.39 Å². The summed E-state index contributed by atoms with van der Waals surface area (Å²) >= 11 is 4.65. The van der Waals surface area contributed by atoms with Crippen LogP contribution in [0.25, 0.3) is 22.8 Å². The van der Waals surface area contributed by atoms with Gasteiger partial charge in [0.25, 0.3) is 5.89 Å². The first kappa shape index (κ1) is 14.2. The van der Waals surface area contributed by atoms with E-state index in [1.807, 2.05) is 6.07 Å². The van der Waals surface area contributed by atoms with Gasteiger partial charge in [-0.15, -0.1) is 11.3 Å². The monoisotopic (exact) mass is 367 g/mol. The fourth-order valence-corrected chi connectivity index (χ4v) is 3.12. The van der Waals surface area contributed by atoms with E-state index in [-0.39, 0.29) is 5.82 Å². The quantitative estimate of drug-likeness (QED) is 0.739. The Kier molecular flexibility index (Phi) is 3.77. The Bertz CT molecular complexity index is 799. The van der Waals surface area contributed by atoms with E-state index in [2.05, 4.69) is 33.0 Å². The number of hydrogen-bond acceptors (Lipinski definition) is 5. The Balaban J connectivity index is 1.99. The normalized spacial score (nSPS) is 11.0. The van der Waals surface area contributed by atoms with Crippen molar-refractivity contribution in [3.05, 3.63) is 39.4 Å². The fraction of sp³-hybridized carbons (Fsp3) is 0.143. The van der Waals surface area contributed by atoms with Crippen molar-refractivity contribution in [1.82, 2.24) is 10.1 Å². The molecule has 4 nitrogen and oxygen atoms in total. The lowest BCUT2D eigenvalue weighted by Crippen LogP contribution is -1.85.